The van der Waals surface area contributed by atoms with Gasteiger partial charge in [-0.3, -0.25) is 5.10 Å². The zero-order chi connectivity index (χ0) is 12.6. The van der Waals surface area contributed by atoms with Gasteiger partial charge in [0.2, 0.25) is 0 Å². The molecule has 4 N–H and O–H groups in total. The van der Waals surface area contributed by atoms with Crippen LogP contribution < -0.4 is 10.5 Å². The molecule has 0 aliphatic rings. The summed E-state index contributed by atoms with van der Waals surface area (Å²) in [4.78, 5) is 0. The van der Waals surface area contributed by atoms with Crippen molar-refractivity contribution in [3.05, 3.63) is 23.3 Å². The van der Waals surface area contributed by atoms with Crippen LogP contribution in [0.25, 0.3) is 11.3 Å². The number of ether oxygens (including phenoxy) is 1. The molecule has 1 aromatic heterocycles. The first-order valence-corrected chi connectivity index (χ1v) is 5.23. The van der Waals surface area contributed by atoms with Gasteiger partial charge >= 0.3 is 0 Å². The number of aromatic hydroxyl groups is 1. The van der Waals surface area contributed by atoms with Crippen molar-refractivity contribution in [2.24, 2.45) is 0 Å². The quantitative estimate of drug-likeness (QED) is 0.740. The Balaban J connectivity index is 2.66. The van der Waals surface area contributed by atoms with Crippen molar-refractivity contribution >= 4 is 5.82 Å². The van der Waals surface area contributed by atoms with E-state index in [0.717, 1.165) is 16.9 Å². The molecule has 0 fully saturated rings. The second kappa shape index (κ2) is 4.01. The number of hydrogen-bond acceptors (Lipinski definition) is 4. The van der Waals surface area contributed by atoms with Gasteiger partial charge in [0.1, 0.15) is 17.3 Å². The molecule has 0 atom stereocenters. The van der Waals surface area contributed by atoms with Gasteiger partial charge in [0, 0.05) is 11.6 Å². The van der Waals surface area contributed by atoms with Gasteiger partial charge in [-0.2, -0.15) is 5.10 Å². The third-order valence-corrected chi connectivity index (χ3v) is 2.93. The molecular weight excluding hydrogens is 218 g/mol. The summed E-state index contributed by atoms with van der Waals surface area (Å²) in [6.07, 6.45) is 0. The maximum absolute atomic E-state index is 10.1. The summed E-state index contributed by atoms with van der Waals surface area (Å²) in [5.41, 5.74) is 8.55. The summed E-state index contributed by atoms with van der Waals surface area (Å²) >= 11 is 0. The minimum Gasteiger partial charge on any atom is -0.507 e. The predicted molar refractivity (Wildman–Crippen MR) is 66.1 cm³/mol. The first kappa shape index (κ1) is 11.3. The zero-order valence-electron chi connectivity index (χ0n) is 10.0. The highest BCUT2D eigenvalue weighted by Crippen LogP contribution is 2.38. The van der Waals surface area contributed by atoms with Gasteiger partial charge in [-0.1, -0.05) is 0 Å². The number of aromatic nitrogens is 2. The maximum atomic E-state index is 10.1. The Hall–Kier alpha value is -2.17. The average molecular weight is 233 g/mol. The molecule has 0 amide bonds. The van der Waals surface area contributed by atoms with Crippen LogP contribution in [0.1, 0.15) is 11.1 Å². The van der Waals surface area contributed by atoms with Crippen LogP contribution in [0.4, 0.5) is 5.82 Å². The molecule has 2 rings (SSSR count). The van der Waals surface area contributed by atoms with Crippen LogP contribution in [0.5, 0.6) is 11.5 Å². The number of nitrogens with two attached hydrogens (primary N) is 1. The summed E-state index contributed by atoms with van der Waals surface area (Å²) in [5.74, 6) is 1.33. The number of phenols is 1. The van der Waals surface area contributed by atoms with Gasteiger partial charge in [-0.25, -0.2) is 0 Å². The Morgan fingerprint density at radius 3 is 2.53 bits per heavy atom. The van der Waals surface area contributed by atoms with Crippen LogP contribution in [-0.2, 0) is 0 Å². The molecule has 0 spiro atoms. The van der Waals surface area contributed by atoms with E-state index in [-0.39, 0.29) is 5.75 Å². The number of anilines is 1. The molecule has 0 bridgehead atoms. The first-order valence-electron chi connectivity index (χ1n) is 5.23. The predicted octanol–water partition coefficient (Wildman–Crippen LogP) is 1.99. The molecule has 0 radical (unpaired) electrons. The van der Waals surface area contributed by atoms with E-state index in [4.69, 9.17) is 10.5 Å². The summed E-state index contributed by atoms with van der Waals surface area (Å²) in [7, 11) is 1.60. The fourth-order valence-corrected chi connectivity index (χ4v) is 1.76. The van der Waals surface area contributed by atoms with Crippen molar-refractivity contribution in [2.45, 2.75) is 13.8 Å². The van der Waals surface area contributed by atoms with Gasteiger partial charge in [0.15, 0.2) is 0 Å². The zero-order valence-corrected chi connectivity index (χ0v) is 10.0. The molecule has 2 aromatic rings. The van der Waals surface area contributed by atoms with E-state index in [1.165, 1.54) is 0 Å². The van der Waals surface area contributed by atoms with Crippen molar-refractivity contribution in [2.75, 3.05) is 12.8 Å². The molecule has 0 saturated heterocycles. The number of phenolic OH excluding ortho intramolecular Hbond substituents is 1. The fourth-order valence-electron chi connectivity index (χ4n) is 1.76. The molecule has 90 valence electrons. The van der Waals surface area contributed by atoms with Crippen molar-refractivity contribution in [1.29, 1.82) is 0 Å². The molecule has 1 aromatic carbocycles. The lowest BCUT2D eigenvalue weighted by Crippen LogP contribution is -1.93. The van der Waals surface area contributed by atoms with Gasteiger partial charge in [-0.15, -0.1) is 0 Å². The fraction of sp³-hybridized carbons (Fsp3) is 0.250. The van der Waals surface area contributed by atoms with Gasteiger partial charge < -0.3 is 15.6 Å². The molecular formula is C12H15N3O2. The lowest BCUT2D eigenvalue weighted by molar-refractivity contribution is 0.408. The van der Waals surface area contributed by atoms with E-state index in [1.54, 1.807) is 19.2 Å². The molecule has 0 aliphatic carbocycles. The van der Waals surface area contributed by atoms with Crippen LogP contribution in [0, 0.1) is 13.8 Å². The number of hydrogen-bond donors (Lipinski definition) is 3. The number of nitrogens with one attached hydrogen (secondary N) is 1. The van der Waals surface area contributed by atoms with Crippen LogP contribution in [-0.4, -0.2) is 22.4 Å². The largest absolute Gasteiger partial charge is 0.507 e. The van der Waals surface area contributed by atoms with Gasteiger partial charge in [0.25, 0.3) is 0 Å². The van der Waals surface area contributed by atoms with Crippen LogP contribution in [0.2, 0.25) is 0 Å². The van der Waals surface area contributed by atoms with E-state index in [0.29, 0.717) is 17.1 Å². The van der Waals surface area contributed by atoms with E-state index < -0.39 is 0 Å². The van der Waals surface area contributed by atoms with Crippen LogP contribution in [0.3, 0.4) is 0 Å². The number of nitrogens with zero attached hydrogens (tertiary/aromatic N) is 1. The highest BCUT2D eigenvalue weighted by atomic mass is 16.5. The van der Waals surface area contributed by atoms with Gasteiger partial charge in [-0.05, 0) is 31.0 Å². The standard InChI is InChI=1S/C12H15N3O2/c1-6-7(2)12(16)8(4-10(6)17-3)9-5-11(13)15-14-9/h4-5,16H,1-3H3,(H3,13,14,15). The number of methoxy groups -OCH3 is 1. The Morgan fingerprint density at radius 2 is 2.00 bits per heavy atom. The van der Waals surface area contributed by atoms with Crippen molar-refractivity contribution in [3.63, 3.8) is 0 Å². The molecule has 0 unspecified atom stereocenters. The van der Waals surface area contributed by atoms with E-state index >= 15 is 0 Å². The smallest absolute Gasteiger partial charge is 0.145 e. The molecule has 5 nitrogen and oxygen atoms in total. The molecule has 0 aliphatic heterocycles. The number of aromatic amines is 1. The van der Waals surface area contributed by atoms with Crippen molar-refractivity contribution < 1.29 is 9.84 Å². The number of nitrogen functional groups attached to an aromatic ring is 1. The Morgan fingerprint density at radius 1 is 1.29 bits per heavy atom. The molecule has 17 heavy (non-hydrogen) atoms. The van der Waals surface area contributed by atoms with Crippen LogP contribution >= 0.6 is 0 Å². The number of H-pyrrole nitrogens is 1. The summed E-state index contributed by atoms with van der Waals surface area (Å²) < 4.78 is 5.27. The second-order valence-electron chi connectivity index (χ2n) is 3.93. The summed E-state index contributed by atoms with van der Waals surface area (Å²) in [6.45, 7) is 3.75. The van der Waals surface area contributed by atoms with E-state index in [1.807, 2.05) is 13.8 Å². The van der Waals surface area contributed by atoms with Crippen molar-refractivity contribution in [1.82, 2.24) is 10.2 Å². The lowest BCUT2D eigenvalue weighted by atomic mass is 10.0. The molecule has 0 saturated carbocycles. The highest BCUT2D eigenvalue weighted by Gasteiger charge is 2.15. The minimum absolute atomic E-state index is 0.215. The van der Waals surface area contributed by atoms with Gasteiger partial charge in [0.05, 0.1) is 12.8 Å². The van der Waals surface area contributed by atoms with E-state index in [2.05, 4.69) is 10.2 Å². The Kier molecular flexibility index (Phi) is 2.67. The minimum atomic E-state index is 0.215. The number of benzene rings is 1. The highest BCUT2D eigenvalue weighted by molar-refractivity contribution is 5.73. The topological polar surface area (TPSA) is 84.2 Å². The summed E-state index contributed by atoms with van der Waals surface area (Å²) in [6, 6.07) is 3.44. The third-order valence-electron chi connectivity index (χ3n) is 2.93. The monoisotopic (exact) mass is 233 g/mol. The molecule has 5 heteroatoms. The SMILES string of the molecule is COc1cc(-c2cc(N)n[nH]2)c(O)c(C)c1C. The normalized spacial score (nSPS) is 10.5. The molecule has 1 heterocycles. The second-order valence-corrected chi connectivity index (χ2v) is 3.93. The average Bonchev–Trinajstić information content (AvgIpc) is 2.73. The maximum Gasteiger partial charge on any atom is 0.145 e. The van der Waals surface area contributed by atoms with Crippen LogP contribution in [0.15, 0.2) is 12.1 Å². The Labute approximate surface area is 99.2 Å². The summed E-state index contributed by atoms with van der Waals surface area (Å²) in [5, 5.41) is 16.7. The lowest BCUT2D eigenvalue weighted by Gasteiger charge is -2.12. The Bertz CT molecular complexity index is 561. The van der Waals surface area contributed by atoms with Crippen molar-refractivity contribution in [3.8, 4) is 22.8 Å². The van der Waals surface area contributed by atoms with E-state index in [9.17, 15) is 5.11 Å². The third kappa shape index (κ3) is 1.80. The number of rotatable bonds is 2. The first-order chi connectivity index (χ1) is 8.04.